The molecule has 0 aliphatic rings. The van der Waals surface area contributed by atoms with Crippen LogP contribution in [0.1, 0.15) is 43.5 Å². The zero-order chi connectivity index (χ0) is 28.1. The fraction of sp³-hybridized carbons (Fsp3) is 0.207. The maximum Gasteiger partial charge on any atom is 0.295 e. The quantitative estimate of drug-likeness (QED) is 0.283. The normalized spacial score (nSPS) is 12.1. The summed E-state index contributed by atoms with van der Waals surface area (Å²) in [5.41, 5.74) is 4.92. The van der Waals surface area contributed by atoms with Crippen LogP contribution in [0, 0.1) is 0 Å². The highest BCUT2D eigenvalue weighted by Crippen LogP contribution is 2.28. The van der Waals surface area contributed by atoms with Gasteiger partial charge < -0.3 is 10.2 Å². The molecule has 0 fully saturated rings. The fourth-order valence-electron chi connectivity index (χ4n) is 4.45. The number of nitrogens with one attached hydrogen (secondary N) is 2. The van der Waals surface area contributed by atoms with E-state index in [-0.39, 0.29) is 23.7 Å². The van der Waals surface area contributed by atoms with Crippen LogP contribution in [-0.4, -0.2) is 57.5 Å². The minimum absolute atomic E-state index is 0.157. The van der Waals surface area contributed by atoms with E-state index >= 15 is 0 Å². The second-order valence-electron chi connectivity index (χ2n) is 9.32. The lowest BCUT2D eigenvalue weighted by atomic mass is 10.1. The standard InChI is InChI=1S/C29H29N9O2/c1-4-14-37(29(40)27-31-18-32-36-27)19(2)10-12-23-15-26(34-20(3)39)38-28(35-23)24(17-33-38)22-11-13-25(30-16-22)21-8-6-5-7-9-21/h4-9,11,13-19H,10,12H2,1-3H3,(H,34,39)(H,31,32,36)/b14-4-/t19-/m1/s1. The number of allylic oxidation sites excluding steroid dienone is 1. The third-order valence-electron chi connectivity index (χ3n) is 6.43. The van der Waals surface area contributed by atoms with Crippen LogP contribution in [0.25, 0.3) is 28.0 Å². The minimum Gasteiger partial charge on any atom is -0.311 e. The van der Waals surface area contributed by atoms with Gasteiger partial charge in [-0.2, -0.15) is 14.7 Å². The van der Waals surface area contributed by atoms with Crippen molar-refractivity contribution in [2.45, 2.75) is 39.7 Å². The average molecular weight is 536 g/mol. The van der Waals surface area contributed by atoms with Gasteiger partial charge in [0.1, 0.15) is 12.1 Å². The summed E-state index contributed by atoms with van der Waals surface area (Å²) in [5.74, 6) is 0.209. The molecule has 11 heteroatoms. The first-order valence-corrected chi connectivity index (χ1v) is 12.9. The average Bonchev–Trinajstić information content (AvgIpc) is 3.66. The molecular weight excluding hydrogens is 506 g/mol. The van der Waals surface area contributed by atoms with Crippen LogP contribution in [0.15, 0.2) is 79.5 Å². The second-order valence-corrected chi connectivity index (χ2v) is 9.32. The van der Waals surface area contributed by atoms with Crippen LogP contribution < -0.4 is 5.32 Å². The summed E-state index contributed by atoms with van der Waals surface area (Å²) in [6, 6.07) is 15.6. The summed E-state index contributed by atoms with van der Waals surface area (Å²) in [4.78, 5) is 40.1. The van der Waals surface area contributed by atoms with E-state index in [1.807, 2.05) is 62.4 Å². The van der Waals surface area contributed by atoms with E-state index in [0.29, 0.717) is 24.3 Å². The molecule has 11 nitrogen and oxygen atoms in total. The van der Waals surface area contributed by atoms with Gasteiger partial charge in [0.05, 0.1) is 11.9 Å². The Morgan fingerprint density at radius 2 is 1.93 bits per heavy atom. The van der Waals surface area contributed by atoms with Crippen LogP contribution in [-0.2, 0) is 11.2 Å². The van der Waals surface area contributed by atoms with Crippen molar-refractivity contribution in [3.63, 3.8) is 0 Å². The van der Waals surface area contributed by atoms with E-state index < -0.39 is 0 Å². The van der Waals surface area contributed by atoms with Gasteiger partial charge in [-0.3, -0.25) is 19.7 Å². The number of pyridine rings is 1. The number of carbonyl (C=O) groups is 2. The molecule has 5 aromatic rings. The van der Waals surface area contributed by atoms with Gasteiger partial charge in [0.15, 0.2) is 5.65 Å². The molecule has 2 N–H and O–H groups in total. The number of benzene rings is 1. The lowest BCUT2D eigenvalue weighted by molar-refractivity contribution is -0.114. The van der Waals surface area contributed by atoms with E-state index in [9.17, 15) is 9.59 Å². The number of hydrogen-bond acceptors (Lipinski definition) is 7. The Balaban J connectivity index is 1.43. The molecule has 202 valence electrons. The summed E-state index contributed by atoms with van der Waals surface area (Å²) in [6.45, 7) is 5.27. The highest BCUT2D eigenvalue weighted by Gasteiger charge is 2.22. The largest absolute Gasteiger partial charge is 0.311 e. The minimum atomic E-state index is -0.269. The van der Waals surface area contributed by atoms with Crippen LogP contribution in [0.5, 0.6) is 0 Å². The SMILES string of the molecule is C/C=C\N(C(=O)c1ncn[nH]1)[C@H](C)CCc1cc(NC(C)=O)n2ncc(-c3ccc(-c4ccccc4)nc3)c2n1. The lowest BCUT2D eigenvalue weighted by Gasteiger charge is -2.25. The van der Waals surface area contributed by atoms with Gasteiger partial charge in [0, 0.05) is 53.8 Å². The van der Waals surface area contributed by atoms with Crippen molar-refractivity contribution < 1.29 is 9.59 Å². The van der Waals surface area contributed by atoms with E-state index in [1.54, 1.807) is 34.1 Å². The van der Waals surface area contributed by atoms with Gasteiger partial charge in [0.2, 0.25) is 11.7 Å². The number of H-pyrrole nitrogens is 1. The molecule has 0 unspecified atom stereocenters. The molecule has 0 spiro atoms. The van der Waals surface area contributed by atoms with Gasteiger partial charge in [-0.15, -0.1) is 0 Å². The number of rotatable bonds is 9. The highest BCUT2D eigenvalue weighted by molar-refractivity contribution is 5.91. The molecule has 1 atom stereocenters. The van der Waals surface area contributed by atoms with Crippen LogP contribution in [0.3, 0.4) is 0 Å². The Labute approximate surface area is 231 Å². The van der Waals surface area contributed by atoms with Crippen molar-refractivity contribution in [2.24, 2.45) is 0 Å². The Hall–Kier alpha value is -5.19. The third kappa shape index (κ3) is 5.63. The molecule has 4 aromatic heterocycles. The predicted octanol–water partition coefficient (Wildman–Crippen LogP) is 4.53. The number of aromatic nitrogens is 7. The molecule has 4 heterocycles. The maximum absolute atomic E-state index is 12.9. The number of aromatic amines is 1. The topological polar surface area (TPSA) is 134 Å². The smallest absolute Gasteiger partial charge is 0.295 e. The molecule has 0 radical (unpaired) electrons. The van der Waals surface area contributed by atoms with Crippen molar-refractivity contribution in [3.05, 3.63) is 91.0 Å². The van der Waals surface area contributed by atoms with Gasteiger partial charge in [-0.05, 0) is 32.8 Å². The Morgan fingerprint density at radius 1 is 1.10 bits per heavy atom. The zero-order valence-corrected chi connectivity index (χ0v) is 22.4. The van der Waals surface area contributed by atoms with E-state index in [0.717, 1.165) is 28.1 Å². The highest BCUT2D eigenvalue weighted by atomic mass is 16.2. The van der Waals surface area contributed by atoms with Crippen molar-refractivity contribution >= 4 is 23.3 Å². The first kappa shape index (κ1) is 26.4. The first-order chi connectivity index (χ1) is 19.4. The van der Waals surface area contributed by atoms with Crippen molar-refractivity contribution in [1.29, 1.82) is 0 Å². The molecule has 0 bridgehead atoms. The first-order valence-electron chi connectivity index (χ1n) is 12.9. The van der Waals surface area contributed by atoms with Crippen LogP contribution in [0.4, 0.5) is 5.82 Å². The third-order valence-corrected chi connectivity index (χ3v) is 6.43. The number of anilines is 1. The summed E-state index contributed by atoms with van der Waals surface area (Å²) in [5, 5.41) is 13.8. The number of amides is 2. The summed E-state index contributed by atoms with van der Waals surface area (Å²) >= 11 is 0. The summed E-state index contributed by atoms with van der Waals surface area (Å²) in [7, 11) is 0. The number of aryl methyl sites for hydroxylation is 1. The number of fused-ring (bicyclic) bond motifs is 1. The van der Waals surface area contributed by atoms with Crippen molar-refractivity contribution in [2.75, 3.05) is 5.32 Å². The maximum atomic E-state index is 12.9. The molecular formula is C29H29N9O2. The molecule has 0 aliphatic carbocycles. The summed E-state index contributed by atoms with van der Waals surface area (Å²) in [6.07, 6.45) is 9.54. The van der Waals surface area contributed by atoms with E-state index in [1.165, 1.54) is 13.3 Å². The van der Waals surface area contributed by atoms with Gasteiger partial charge in [-0.25, -0.2) is 9.97 Å². The predicted molar refractivity (Wildman–Crippen MR) is 151 cm³/mol. The van der Waals surface area contributed by atoms with Gasteiger partial charge in [-0.1, -0.05) is 42.5 Å². The van der Waals surface area contributed by atoms with Crippen molar-refractivity contribution in [3.8, 4) is 22.4 Å². The van der Waals surface area contributed by atoms with Gasteiger partial charge >= 0.3 is 0 Å². The fourth-order valence-corrected chi connectivity index (χ4v) is 4.45. The van der Waals surface area contributed by atoms with Crippen LogP contribution in [0.2, 0.25) is 0 Å². The lowest BCUT2D eigenvalue weighted by Crippen LogP contribution is -2.35. The number of hydrogen-bond donors (Lipinski definition) is 2. The molecule has 0 saturated carbocycles. The monoisotopic (exact) mass is 535 g/mol. The Bertz CT molecular complexity index is 1640. The number of nitrogens with zero attached hydrogens (tertiary/aromatic N) is 7. The zero-order valence-electron chi connectivity index (χ0n) is 22.4. The summed E-state index contributed by atoms with van der Waals surface area (Å²) < 4.78 is 1.62. The molecule has 0 saturated heterocycles. The van der Waals surface area contributed by atoms with E-state index in [2.05, 4.69) is 30.6 Å². The molecule has 1 aromatic carbocycles. The number of carbonyl (C=O) groups excluding carboxylic acids is 2. The molecule has 0 aliphatic heterocycles. The molecule has 5 rings (SSSR count). The van der Waals surface area contributed by atoms with Gasteiger partial charge in [0.25, 0.3) is 5.91 Å². The Kier molecular flexibility index (Phi) is 7.72. The second kappa shape index (κ2) is 11.7. The van der Waals surface area contributed by atoms with E-state index in [4.69, 9.17) is 4.98 Å². The molecule has 2 amide bonds. The Morgan fingerprint density at radius 3 is 2.60 bits per heavy atom. The van der Waals surface area contributed by atoms with Crippen molar-refractivity contribution in [1.82, 2.24) is 39.7 Å². The molecule has 40 heavy (non-hydrogen) atoms. The van der Waals surface area contributed by atoms with Crippen LogP contribution >= 0.6 is 0 Å².